The van der Waals surface area contributed by atoms with Gasteiger partial charge >= 0.3 is 0 Å². The second-order valence-electron chi connectivity index (χ2n) is 6.93. The zero-order chi connectivity index (χ0) is 20.5. The molecule has 28 heavy (non-hydrogen) atoms. The van der Waals surface area contributed by atoms with Crippen molar-refractivity contribution in [3.63, 3.8) is 0 Å². The maximum Gasteiger partial charge on any atom is 0.242 e. The molecule has 3 aromatic rings. The molecular weight excluding hydrogens is 396 g/mol. The number of nitrogens with zero attached hydrogens (tertiary/aromatic N) is 4. The molecule has 9 heteroatoms. The topological polar surface area (TPSA) is 81.2 Å². The molecule has 0 aliphatic rings. The van der Waals surface area contributed by atoms with Crippen molar-refractivity contribution in [3.05, 3.63) is 35.2 Å². The van der Waals surface area contributed by atoms with Crippen molar-refractivity contribution < 1.29 is 12.9 Å². The third kappa shape index (κ3) is 3.97. The van der Waals surface area contributed by atoms with Gasteiger partial charge in [-0.3, -0.25) is 0 Å². The van der Waals surface area contributed by atoms with Crippen molar-refractivity contribution in [1.82, 2.24) is 19.0 Å². The lowest BCUT2D eigenvalue weighted by Gasteiger charge is -2.11. The molecule has 0 radical (unpaired) electrons. The normalized spacial score (nSPS) is 12.4. The van der Waals surface area contributed by atoms with Crippen molar-refractivity contribution in [1.29, 1.82) is 0 Å². The fourth-order valence-electron chi connectivity index (χ4n) is 2.95. The average molecular weight is 423 g/mol. The number of aromatic nitrogens is 3. The van der Waals surface area contributed by atoms with E-state index in [1.165, 1.54) is 18.4 Å². The van der Waals surface area contributed by atoms with Gasteiger partial charge < -0.3 is 9.09 Å². The molecule has 0 spiro atoms. The molecule has 0 bridgehead atoms. The van der Waals surface area contributed by atoms with Crippen LogP contribution in [0.3, 0.4) is 0 Å². The summed E-state index contributed by atoms with van der Waals surface area (Å²) in [7, 11) is -0.427. The third-order valence-electron chi connectivity index (χ3n) is 4.73. The Morgan fingerprint density at radius 2 is 2.00 bits per heavy atom. The van der Waals surface area contributed by atoms with E-state index in [1.807, 2.05) is 19.9 Å². The lowest BCUT2D eigenvalue weighted by molar-refractivity contribution is 0.392. The number of unbranched alkanes of at least 4 members (excludes halogenated alkanes) is 1. The van der Waals surface area contributed by atoms with Crippen molar-refractivity contribution in [3.8, 4) is 0 Å². The van der Waals surface area contributed by atoms with E-state index in [-0.39, 0.29) is 4.90 Å². The summed E-state index contributed by atoms with van der Waals surface area (Å²) in [6.45, 7) is 6.84. The Hall–Kier alpha value is -1.84. The van der Waals surface area contributed by atoms with E-state index in [0.717, 1.165) is 47.1 Å². The molecule has 3 rings (SSSR count). The average Bonchev–Trinajstić information content (AvgIpc) is 3.16. The number of benzene rings is 1. The lowest BCUT2D eigenvalue weighted by atomic mass is 10.2. The van der Waals surface area contributed by atoms with Crippen LogP contribution in [0.5, 0.6) is 0 Å². The van der Waals surface area contributed by atoms with Crippen LogP contribution in [0, 0.1) is 13.8 Å². The van der Waals surface area contributed by atoms with E-state index in [4.69, 9.17) is 9.51 Å². The smallest absolute Gasteiger partial charge is 0.242 e. The van der Waals surface area contributed by atoms with Gasteiger partial charge in [0.05, 0.1) is 21.6 Å². The molecule has 7 nitrogen and oxygen atoms in total. The van der Waals surface area contributed by atoms with Gasteiger partial charge in [-0.05, 0) is 38.5 Å². The third-order valence-corrected chi connectivity index (χ3v) is 7.54. The van der Waals surface area contributed by atoms with Crippen LogP contribution in [0.2, 0.25) is 0 Å². The predicted octanol–water partition coefficient (Wildman–Crippen LogP) is 3.98. The standard InChI is InChI=1S/C19H26N4O3S2/c1-6-7-10-23-18-9-8-15(28(24,25)22(4)5)11-17(18)20-19(23)27-12-16-13(2)21-26-14(16)3/h8-9,11H,6-7,10,12H2,1-5H3. The summed E-state index contributed by atoms with van der Waals surface area (Å²) in [5, 5.41) is 4.89. The van der Waals surface area contributed by atoms with Crippen LogP contribution in [0.1, 0.15) is 36.8 Å². The summed E-state index contributed by atoms with van der Waals surface area (Å²) < 4.78 is 33.6. The summed E-state index contributed by atoms with van der Waals surface area (Å²) in [4.78, 5) is 5.01. The fourth-order valence-corrected chi connectivity index (χ4v) is 5.06. The molecule has 0 saturated heterocycles. The summed E-state index contributed by atoms with van der Waals surface area (Å²) in [6.07, 6.45) is 2.10. The van der Waals surface area contributed by atoms with E-state index < -0.39 is 10.0 Å². The molecule has 152 valence electrons. The summed E-state index contributed by atoms with van der Waals surface area (Å²) in [5.41, 5.74) is 3.61. The number of hydrogen-bond acceptors (Lipinski definition) is 6. The highest BCUT2D eigenvalue weighted by Gasteiger charge is 2.20. The summed E-state index contributed by atoms with van der Waals surface area (Å²) in [6, 6.07) is 5.17. The molecule has 0 aliphatic carbocycles. The number of rotatable bonds is 8. The van der Waals surface area contributed by atoms with Gasteiger partial charge in [-0.1, -0.05) is 30.3 Å². The highest BCUT2D eigenvalue weighted by Crippen LogP contribution is 2.30. The maximum absolute atomic E-state index is 12.5. The van der Waals surface area contributed by atoms with E-state index in [9.17, 15) is 8.42 Å². The van der Waals surface area contributed by atoms with Gasteiger partial charge in [-0.2, -0.15) is 0 Å². The fraction of sp³-hybridized carbons (Fsp3) is 0.474. The highest BCUT2D eigenvalue weighted by atomic mass is 32.2. The SMILES string of the molecule is CCCCn1c(SCc2c(C)noc2C)nc2cc(S(=O)(=O)N(C)C)ccc21. The van der Waals surface area contributed by atoms with Crippen LogP contribution in [0.15, 0.2) is 32.8 Å². The Kier molecular flexibility index (Phi) is 6.16. The van der Waals surface area contributed by atoms with Crippen molar-refractivity contribution in [2.24, 2.45) is 0 Å². The van der Waals surface area contributed by atoms with E-state index in [2.05, 4.69) is 16.6 Å². The summed E-state index contributed by atoms with van der Waals surface area (Å²) in [5.74, 6) is 1.53. The van der Waals surface area contributed by atoms with Crippen LogP contribution < -0.4 is 0 Å². The van der Waals surface area contributed by atoms with E-state index in [0.29, 0.717) is 11.3 Å². The number of thioether (sulfide) groups is 1. The Morgan fingerprint density at radius 3 is 2.61 bits per heavy atom. The van der Waals surface area contributed by atoms with Crippen LogP contribution in [0.25, 0.3) is 11.0 Å². The largest absolute Gasteiger partial charge is 0.361 e. The highest BCUT2D eigenvalue weighted by molar-refractivity contribution is 7.98. The minimum atomic E-state index is -3.49. The van der Waals surface area contributed by atoms with Crippen LogP contribution in [-0.4, -0.2) is 41.5 Å². The zero-order valence-corrected chi connectivity index (χ0v) is 18.5. The first kappa shape index (κ1) is 20.9. The predicted molar refractivity (Wildman–Crippen MR) is 111 cm³/mol. The van der Waals surface area contributed by atoms with Gasteiger partial charge in [0.1, 0.15) is 5.76 Å². The van der Waals surface area contributed by atoms with E-state index >= 15 is 0 Å². The van der Waals surface area contributed by atoms with Crippen LogP contribution >= 0.6 is 11.8 Å². The zero-order valence-electron chi connectivity index (χ0n) is 16.9. The quantitative estimate of drug-likeness (QED) is 0.511. The Bertz CT molecular complexity index is 1060. The molecule has 0 unspecified atom stereocenters. The first-order valence-electron chi connectivity index (χ1n) is 9.23. The number of hydrogen-bond donors (Lipinski definition) is 0. The minimum Gasteiger partial charge on any atom is -0.361 e. The molecule has 2 heterocycles. The van der Waals surface area contributed by atoms with Crippen LogP contribution in [0.4, 0.5) is 0 Å². The first-order chi connectivity index (χ1) is 13.3. The number of fused-ring (bicyclic) bond motifs is 1. The lowest BCUT2D eigenvalue weighted by Crippen LogP contribution is -2.22. The molecular formula is C19H26N4O3S2. The Labute approximate surface area is 170 Å². The minimum absolute atomic E-state index is 0.257. The Morgan fingerprint density at radius 1 is 1.25 bits per heavy atom. The summed E-state index contributed by atoms with van der Waals surface area (Å²) >= 11 is 1.62. The van der Waals surface area contributed by atoms with Gasteiger partial charge in [0.25, 0.3) is 0 Å². The van der Waals surface area contributed by atoms with Crippen molar-refractivity contribution >= 4 is 32.8 Å². The first-order valence-corrected chi connectivity index (χ1v) is 11.7. The van der Waals surface area contributed by atoms with Crippen LogP contribution in [-0.2, 0) is 22.3 Å². The molecule has 0 aliphatic heterocycles. The van der Waals surface area contributed by atoms with Crippen molar-refractivity contribution in [2.75, 3.05) is 14.1 Å². The second kappa shape index (κ2) is 8.26. The Balaban J connectivity index is 2.00. The van der Waals surface area contributed by atoms with Gasteiger partial charge in [0.2, 0.25) is 10.0 Å². The second-order valence-corrected chi connectivity index (χ2v) is 10.0. The number of sulfonamides is 1. The molecule has 0 atom stereocenters. The molecule has 0 fully saturated rings. The maximum atomic E-state index is 12.5. The van der Waals surface area contributed by atoms with Gasteiger partial charge in [0.15, 0.2) is 5.16 Å². The number of imidazole rings is 1. The monoisotopic (exact) mass is 422 g/mol. The van der Waals surface area contributed by atoms with Crippen molar-refractivity contribution in [2.45, 2.75) is 56.0 Å². The molecule has 0 amide bonds. The van der Waals surface area contributed by atoms with Gasteiger partial charge in [-0.15, -0.1) is 0 Å². The van der Waals surface area contributed by atoms with Gasteiger partial charge in [0, 0.05) is 32.0 Å². The molecule has 2 aromatic heterocycles. The molecule has 0 saturated carbocycles. The van der Waals surface area contributed by atoms with E-state index in [1.54, 1.807) is 23.9 Å². The number of aryl methyl sites for hydroxylation is 3. The molecule has 1 aromatic carbocycles. The van der Waals surface area contributed by atoms with Gasteiger partial charge in [-0.25, -0.2) is 17.7 Å². The molecule has 0 N–H and O–H groups in total.